The number of methoxy groups -OCH3 is 1. The molecule has 0 aromatic carbocycles. The second-order valence-corrected chi connectivity index (χ2v) is 12.8. The van der Waals surface area contributed by atoms with E-state index in [9.17, 15) is 29.4 Å². The maximum Gasteiger partial charge on any atom is 0.343 e. The summed E-state index contributed by atoms with van der Waals surface area (Å²) in [5.41, 5.74) is -8.24. The minimum Gasteiger partial charge on any atom is -0.467 e. The van der Waals surface area contributed by atoms with Gasteiger partial charge in [-0.15, -0.1) is 0 Å². The molecule has 4 heterocycles. The molecule has 0 amide bonds. The van der Waals surface area contributed by atoms with Crippen molar-refractivity contribution in [3.8, 4) is 0 Å². The second-order valence-electron chi connectivity index (χ2n) is 12.8. The average Bonchev–Trinajstić information content (AvgIpc) is 3.62. The summed E-state index contributed by atoms with van der Waals surface area (Å²) < 4.78 is 44.8. The third kappa shape index (κ3) is 3.08. The zero-order valence-electron chi connectivity index (χ0n) is 23.6. The molecule has 4 saturated heterocycles. The maximum absolute atomic E-state index is 13.8. The van der Waals surface area contributed by atoms with Crippen LogP contribution in [0.15, 0.2) is 0 Å². The molecule has 41 heavy (non-hydrogen) atoms. The highest BCUT2D eigenvalue weighted by atomic mass is 16.8. The topological polar surface area (TPSA) is 183 Å². The Morgan fingerprint density at radius 2 is 1.71 bits per heavy atom. The van der Waals surface area contributed by atoms with Crippen LogP contribution in [0.25, 0.3) is 0 Å². The Labute approximate surface area is 235 Å². The predicted molar refractivity (Wildman–Crippen MR) is 129 cm³/mol. The summed E-state index contributed by atoms with van der Waals surface area (Å²) in [6.07, 6.45) is -6.52. The van der Waals surface area contributed by atoms with E-state index >= 15 is 0 Å². The lowest BCUT2D eigenvalue weighted by Crippen LogP contribution is -2.67. The van der Waals surface area contributed by atoms with E-state index < -0.39 is 93.9 Å². The lowest BCUT2D eigenvalue weighted by Gasteiger charge is -2.48. The van der Waals surface area contributed by atoms with E-state index in [-0.39, 0.29) is 39.5 Å². The molecule has 0 aromatic rings. The zero-order valence-corrected chi connectivity index (χ0v) is 23.6. The molecule has 2 saturated carbocycles. The van der Waals surface area contributed by atoms with Gasteiger partial charge in [0.25, 0.3) is 0 Å². The number of aliphatic hydroxyl groups is 2. The molecule has 5 unspecified atom stereocenters. The first-order valence-electron chi connectivity index (χ1n) is 13.8. The summed E-state index contributed by atoms with van der Waals surface area (Å²) in [5.74, 6) is -4.65. The van der Waals surface area contributed by atoms with Crippen LogP contribution >= 0.6 is 0 Å². The predicted octanol–water partition coefficient (Wildman–Crippen LogP) is -1.14. The highest BCUT2D eigenvalue weighted by Gasteiger charge is 3.04. The summed E-state index contributed by atoms with van der Waals surface area (Å²) >= 11 is 0. The summed E-state index contributed by atoms with van der Waals surface area (Å²) in [6.45, 7) is 7.33. The highest BCUT2D eigenvalue weighted by molar-refractivity contribution is 5.94. The van der Waals surface area contributed by atoms with Crippen LogP contribution in [0.4, 0.5) is 0 Å². The van der Waals surface area contributed by atoms with Gasteiger partial charge >= 0.3 is 23.9 Å². The molecule has 6 aliphatic rings. The van der Waals surface area contributed by atoms with Gasteiger partial charge in [0.2, 0.25) is 11.9 Å². The third-order valence-electron chi connectivity index (χ3n) is 10.3. The molecule has 11 atom stereocenters. The standard InChI is InChI=1S/C27H36O14/c1-12-19(30)39-17-16(29)25-14-10-13(23(2,3)4)24(25)18(37-9-8-35-6-7-36-11-15(28)34-5)20(31)40-22(24)41-27(25,21(32)38-14)26(12,17)33/h12-14,16-18,22,29,33H,6-11H2,1-5H3/t12?,13?,14?,16-,17-,18-,22?,24?,25-,26+,27+/m0/s1. The molecule has 228 valence electrons. The van der Waals surface area contributed by atoms with Crippen LogP contribution in [0.3, 0.4) is 0 Å². The van der Waals surface area contributed by atoms with Gasteiger partial charge in [0, 0.05) is 0 Å². The monoisotopic (exact) mass is 584 g/mol. The molecule has 14 heteroatoms. The van der Waals surface area contributed by atoms with Crippen LogP contribution in [-0.4, -0.2) is 116 Å². The van der Waals surface area contributed by atoms with Crippen molar-refractivity contribution >= 4 is 23.9 Å². The number of hydrogen-bond acceptors (Lipinski definition) is 14. The quantitative estimate of drug-likeness (QED) is 0.188. The van der Waals surface area contributed by atoms with Gasteiger partial charge in [-0.2, -0.15) is 0 Å². The van der Waals surface area contributed by atoms with Crippen molar-refractivity contribution in [2.75, 3.05) is 40.1 Å². The first kappa shape index (κ1) is 28.7. The van der Waals surface area contributed by atoms with Gasteiger partial charge in [-0.1, -0.05) is 20.8 Å². The van der Waals surface area contributed by atoms with Crippen molar-refractivity contribution in [2.45, 2.75) is 76.0 Å². The van der Waals surface area contributed by atoms with Gasteiger partial charge in [0.15, 0.2) is 17.8 Å². The van der Waals surface area contributed by atoms with E-state index in [0.29, 0.717) is 0 Å². The minimum absolute atomic E-state index is 0.0495. The molecule has 0 radical (unpaired) electrons. The smallest absolute Gasteiger partial charge is 0.343 e. The molecule has 0 bridgehead atoms. The van der Waals surface area contributed by atoms with Gasteiger partial charge in [-0.3, -0.25) is 4.79 Å². The largest absolute Gasteiger partial charge is 0.467 e. The van der Waals surface area contributed by atoms with Gasteiger partial charge in [0.1, 0.15) is 18.8 Å². The fraction of sp³-hybridized carbons (Fsp3) is 0.852. The Bertz CT molecular complexity index is 1170. The summed E-state index contributed by atoms with van der Waals surface area (Å²) in [6, 6.07) is 0. The van der Waals surface area contributed by atoms with Crippen LogP contribution in [0.1, 0.15) is 34.1 Å². The lowest BCUT2D eigenvalue weighted by molar-refractivity contribution is -0.240. The number of rotatable bonds is 9. The van der Waals surface area contributed by atoms with Crippen LogP contribution in [0.5, 0.6) is 0 Å². The molecule has 14 nitrogen and oxygen atoms in total. The summed E-state index contributed by atoms with van der Waals surface area (Å²) in [5, 5.41) is 24.2. The molecule has 2 aliphatic carbocycles. The minimum atomic E-state index is -2.27. The maximum atomic E-state index is 13.8. The van der Waals surface area contributed by atoms with Crippen LogP contribution < -0.4 is 0 Å². The van der Waals surface area contributed by atoms with Crippen molar-refractivity contribution < 1.29 is 67.3 Å². The van der Waals surface area contributed by atoms with E-state index in [4.69, 9.17) is 33.2 Å². The van der Waals surface area contributed by atoms with E-state index in [1.54, 1.807) is 0 Å². The van der Waals surface area contributed by atoms with Crippen molar-refractivity contribution in [3.05, 3.63) is 0 Å². The van der Waals surface area contributed by atoms with Crippen molar-refractivity contribution in [3.63, 3.8) is 0 Å². The van der Waals surface area contributed by atoms with Crippen LogP contribution in [0.2, 0.25) is 0 Å². The first-order valence-corrected chi connectivity index (χ1v) is 13.8. The number of aliphatic hydroxyl groups excluding tert-OH is 1. The van der Waals surface area contributed by atoms with Gasteiger partial charge < -0.3 is 48.1 Å². The Morgan fingerprint density at radius 3 is 2.39 bits per heavy atom. The second kappa shape index (κ2) is 9.07. The Morgan fingerprint density at radius 1 is 1.02 bits per heavy atom. The van der Waals surface area contributed by atoms with Crippen molar-refractivity contribution in [1.82, 2.24) is 0 Å². The molecule has 4 aliphatic heterocycles. The normalized spacial score (nSPS) is 47.0. The number of carbonyl (C=O) groups excluding carboxylic acids is 4. The molecule has 0 aromatic heterocycles. The molecular weight excluding hydrogens is 548 g/mol. The Hall–Kier alpha value is -2.36. The molecule has 2 N–H and O–H groups in total. The number of carbonyl (C=O) groups is 4. The fourth-order valence-electron chi connectivity index (χ4n) is 8.96. The van der Waals surface area contributed by atoms with E-state index in [1.807, 2.05) is 20.8 Å². The molecule has 6 rings (SSSR count). The number of hydrogen-bond donors (Lipinski definition) is 2. The Kier molecular flexibility index (Phi) is 6.36. The van der Waals surface area contributed by atoms with Crippen LogP contribution in [0, 0.1) is 28.1 Å². The third-order valence-corrected chi connectivity index (χ3v) is 10.3. The Balaban J connectivity index is 1.34. The SMILES string of the molecule is COC(=O)COCCOCCO[C@H]1C(=O)OC2O[C@]34C(=O)OC5CC(C(C)(C)C)C21[C@@]53[C@@H](O)[C@@H]1OC(=O)C(C)[C@@]14O. The zero-order chi connectivity index (χ0) is 29.8. The first-order chi connectivity index (χ1) is 19.3. The van der Waals surface area contributed by atoms with Crippen molar-refractivity contribution in [2.24, 2.45) is 28.1 Å². The van der Waals surface area contributed by atoms with Gasteiger partial charge in [-0.05, 0) is 24.7 Å². The lowest BCUT2D eigenvalue weighted by atomic mass is 9.51. The number of ether oxygens (including phenoxy) is 8. The highest BCUT2D eigenvalue weighted by Crippen LogP contribution is 2.84. The van der Waals surface area contributed by atoms with E-state index in [2.05, 4.69) is 4.74 Å². The molecule has 6 fully saturated rings. The fourth-order valence-corrected chi connectivity index (χ4v) is 8.96. The molecular formula is C27H36O14. The number of esters is 4. The summed E-state index contributed by atoms with van der Waals surface area (Å²) in [7, 11) is 1.26. The van der Waals surface area contributed by atoms with Gasteiger partial charge in [-0.25, -0.2) is 14.4 Å². The van der Waals surface area contributed by atoms with E-state index in [0.717, 1.165) is 0 Å². The van der Waals surface area contributed by atoms with Crippen LogP contribution in [-0.2, 0) is 57.1 Å². The summed E-state index contributed by atoms with van der Waals surface area (Å²) in [4.78, 5) is 51.0. The number of fused-ring (bicyclic) bond motifs is 1. The average molecular weight is 585 g/mol. The van der Waals surface area contributed by atoms with Gasteiger partial charge in [0.05, 0.1) is 50.3 Å². The molecule has 2 spiro atoms. The van der Waals surface area contributed by atoms with E-state index in [1.165, 1.54) is 14.0 Å². The van der Waals surface area contributed by atoms with Crippen molar-refractivity contribution in [1.29, 1.82) is 0 Å².